The van der Waals surface area contributed by atoms with Crippen molar-refractivity contribution in [2.24, 2.45) is 0 Å². The molecule has 0 spiro atoms. The minimum Gasteiger partial charge on any atom is -0.383 e. The first kappa shape index (κ1) is 10.5. The third-order valence-corrected chi connectivity index (χ3v) is 1.54. The molecule has 0 fully saturated rings. The van der Waals surface area contributed by atoms with Crippen LogP contribution in [0, 0.1) is 11.8 Å². The Morgan fingerprint density at radius 3 is 2.64 bits per heavy atom. The van der Waals surface area contributed by atoms with Gasteiger partial charge in [0.2, 0.25) is 0 Å². The predicted octanol–water partition coefficient (Wildman–Crippen LogP) is 0.978. The first-order valence-corrected chi connectivity index (χ1v) is 3.96. The number of hydrogen-bond acceptors (Lipinski definition) is 2. The molecule has 0 heterocycles. The molecule has 0 unspecified atom stereocenters. The van der Waals surface area contributed by atoms with Crippen LogP contribution in [0.5, 0.6) is 0 Å². The van der Waals surface area contributed by atoms with E-state index in [1.54, 1.807) is 7.11 Å². The highest BCUT2D eigenvalue weighted by atomic mass is 16.5. The van der Waals surface area contributed by atoms with Gasteiger partial charge in [0.05, 0.1) is 13.2 Å². The van der Waals surface area contributed by atoms with Gasteiger partial charge in [0.1, 0.15) is 0 Å². The predicted molar refractivity (Wildman–Crippen MR) is 47.4 cm³/mol. The molecule has 64 valence electrons. The third kappa shape index (κ3) is 5.90. The highest BCUT2D eigenvalue weighted by Gasteiger charge is 1.97. The Balaban J connectivity index is 3.46. The van der Waals surface area contributed by atoms with Crippen molar-refractivity contribution in [3.63, 3.8) is 0 Å². The molecule has 0 aliphatic carbocycles. The van der Waals surface area contributed by atoms with Crippen molar-refractivity contribution in [2.45, 2.75) is 13.8 Å². The summed E-state index contributed by atoms with van der Waals surface area (Å²) in [5.41, 5.74) is 0. The highest BCUT2D eigenvalue weighted by molar-refractivity contribution is 4.97. The summed E-state index contributed by atoms with van der Waals surface area (Å²) in [7, 11) is 1.72. The van der Waals surface area contributed by atoms with Crippen LogP contribution >= 0.6 is 0 Å². The molecule has 0 saturated carbocycles. The van der Waals surface area contributed by atoms with Crippen LogP contribution < -0.4 is 0 Å². The van der Waals surface area contributed by atoms with Crippen molar-refractivity contribution in [3.8, 4) is 11.8 Å². The van der Waals surface area contributed by atoms with E-state index in [1.807, 2.05) is 6.92 Å². The molecular weight excluding hydrogens is 138 g/mol. The van der Waals surface area contributed by atoms with Gasteiger partial charge in [-0.05, 0) is 13.5 Å². The molecule has 11 heavy (non-hydrogen) atoms. The maximum atomic E-state index is 4.96. The number of methoxy groups -OCH3 is 1. The van der Waals surface area contributed by atoms with E-state index in [0.717, 1.165) is 26.2 Å². The average Bonchev–Trinajstić information content (AvgIpc) is 2.05. The van der Waals surface area contributed by atoms with Crippen LogP contribution in [-0.4, -0.2) is 38.3 Å². The Kier molecular flexibility index (Phi) is 7.23. The Labute approximate surface area is 69.5 Å². The molecule has 0 bridgehead atoms. The zero-order valence-corrected chi connectivity index (χ0v) is 7.68. The lowest BCUT2D eigenvalue weighted by Gasteiger charge is -2.15. The molecule has 0 rings (SSSR count). The second-order valence-corrected chi connectivity index (χ2v) is 2.29. The zero-order chi connectivity index (χ0) is 8.53. The van der Waals surface area contributed by atoms with Crippen molar-refractivity contribution in [1.29, 1.82) is 0 Å². The van der Waals surface area contributed by atoms with Crippen molar-refractivity contribution in [1.82, 2.24) is 4.90 Å². The summed E-state index contributed by atoms with van der Waals surface area (Å²) in [5.74, 6) is 5.90. The normalized spacial score (nSPS) is 9.45. The van der Waals surface area contributed by atoms with Crippen LogP contribution in [0.15, 0.2) is 0 Å². The lowest BCUT2D eigenvalue weighted by Crippen LogP contribution is -2.27. The van der Waals surface area contributed by atoms with E-state index < -0.39 is 0 Å². The van der Waals surface area contributed by atoms with E-state index >= 15 is 0 Å². The average molecular weight is 155 g/mol. The molecule has 0 aromatic rings. The molecule has 0 atom stereocenters. The summed E-state index contributed by atoms with van der Waals surface area (Å²) in [6.07, 6.45) is 0. The SMILES string of the molecule is CC#CCN(CC)CCOC. The smallest absolute Gasteiger partial charge is 0.0602 e. The second-order valence-electron chi connectivity index (χ2n) is 2.29. The maximum absolute atomic E-state index is 4.96. The van der Waals surface area contributed by atoms with E-state index in [-0.39, 0.29) is 0 Å². The number of rotatable bonds is 5. The van der Waals surface area contributed by atoms with Gasteiger partial charge in [-0.1, -0.05) is 12.8 Å². The van der Waals surface area contributed by atoms with E-state index in [9.17, 15) is 0 Å². The standard InChI is InChI=1S/C9H17NO/c1-4-6-7-10(5-2)8-9-11-3/h5,7-9H2,1-3H3. The molecule has 0 aliphatic rings. The summed E-state index contributed by atoms with van der Waals surface area (Å²) < 4.78 is 4.96. The summed E-state index contributed by atoms with van der Waals surface area (Å²) in [4.78, 5) is 2.25. The molecule has 0 aromatic heterocycles. The van der Waals surface area contributed by atoms with Gasteiger partial charge in [0, 0.05) is 13.7 Å². The molecule has 0 amide bonds. The lowest BCUT2D eigenvalue weighted by atomic mass is 10.4. The van der Waals surface area contributed by atoms with Crippen molar-refractivity contribution in [3.05, 3.63) is 0 Å². The molecular formula is C9H17NO. The summed E-state index contributed by atoms with van der Waals surface area (Å²) in [5, 5.41) is 0. The largest absolute Gasteiger partial charge is 0.383 e. The maximum Gasteiger partial charge on any atom is 0.0602 e. The van der Waals surface area contributed by atoms with E-state index in [0.29, 0.717) is 0 Å². The Morgan fingerprint density at radius 1 is 1.45 bits per heavy atom. The monoisotopic (exact) mass is 155 g/mol. The van der Waals surface area contributed by atoms with Gasteiger partial charge in [0.15, 0.2) is 0 Å². The van der Waals surface area contributed by atoms with Gasteiger partial charge in [-0.25, -0.2) is 0 Å². The minimum atomic E-state index is 0.791. The van der Waals surface area contributed by atoms with Crippen LogP contribution in [0.1, 0.15) is 13.8 Å². The third-order valence-electron chi connectivity index (χ3n) is 1.54. The Hall–Kier alpha value is -0.520. The van der Waals surface area contributed by atoms with Crippen LogP contribution in [-0.2, 0) is 4.74 Å². The lowest BCUT2D eigenvalue weighted by molar-refractivity contribution is 0.158. The molecule has 0 saturated heterocycles. The Morgan fingerprint density at radius 2 is 2.18 bits per heavy atom. The topological polar surface area (TPSA) is 12.5 Å². The van der Waals surface area contributed by atoms with Crippen LogP contribution in [0.25, 0.3) is 0 Å². The summed E-state index contributed by atoms with van der Waals surface area (Å²) in [6, 6.07) is 0. The number of nitrogens with zero attached hydrogens (tertiary/aromatic N) is 1. The van der Waals surface area contributed by atoms with E-state index in [2.05, 4.69) is 23.7 Å². The van der Waals surface area contributed by atoms with Gasteiger partial charge in [-0.15, -0.1) is 5.92 Å². The van der Waals surface area contributed by atoms with Crippen molar-refractivity contribution < 1.29 is 4.74 Å². The number of likely N-dealkylation sites (N-methyl/N-ethyl adjacent to an activating group) is 1. The fourth-order valence-electron chi connectivity index (χ4n) is 0.760. The fourth-order valence-corrected chi connectivity index (χ4v) is 0.760. The van der Waals surface area contributed by atoms with Gasteiger partial charge < -0.3 is 4.74 Å². The fraction of sp³-hybridized carbons (Fsp3) is 0.778. The van der Waals surface area contributed by atoms with Crippen molar-refractivity contribution >= 4 is 0 Å². The van der Waals surface area contributed by atoms with E-state index in [1.165, 1.54) is 0 Å². The first-order valence-electron chi connectivity index (χ1n) is 3.96. The van der Waals surface area contributed by atoms with Gasteiger partial charge in [0.25, 0.3) is 0 Å². The van der Waals surface area contributed by atoms with Crippen LogP contribution in [0.3, 0.4) is 0 Å². The van der Waals surface area contributed by atoms with Gasteiger partial charge >= 0.3 is 0 Å². The summed E-state index contributed by atoms with van der Waals surface area (Å²) >= 11 is 0. The Bertz CT molecular complexity index is 134. The first-order chi connectivity index (χ1) is 5.35. The number of ether oxygens (including phenoxy) is 1. The van der Waals surface area contributed by atoms with Crippen LogP contribution in [0.2, 0.25) is 0 Å². The van der Waals surface area contributed by atoms with Gasteiger partial charge in [-0.3, -0.25) is 4.90 Å². The highest BCUT2D eigenvalue weighted by Crippen LogP contribution is 1.85. The molecule has 0 aromatic carbocycles. The van der Waals surface area contributed by atoms with Gasteiger partial charge in [-0.2, -0.15) is 0 Å². The molecule has 0 N–H and O–H groups in total. The molecule has 0 radical (unpaired) electrons. The zero-order valence-electron chi connectivity index (χ0n) is 7.68. The van der Waals surface area contributed by atoms with E-state index in [4.69, 9.17) is 4.74 Å². The number of hydrogen-bond donors (Lipinski definition) is 0. The quantitative estimate of drug-likeness (QED) is 0.549. The molecule has 0 aliphatic heterocycles. The second kappa shape index (κ2) is 7.59. The van der Waals surface area contributed by atoms with Crippen molar-refractivity contribution in [2.75, 3.05) is 33.4 Å². The summed E-state index contributed by atoms with van der Waals surface area (Å²) in [6.45, 7) is 7.66. The minimum absolute atomic E-state index is 0.791. The molecule has 2 heteroatoms. The molecule has 2 nitrogen and oxygen atoms in total. The van der Waals surface area contributed by atoms with Crippen LogP contribution in [0.4, 0.5) is 0 Å².